The number of nitrogens with zero attached hydrogens (tertiary/aromatic N) is 3. The summed E-state index contributed by atoms with van der Waals surface area (Å²) in [6.45, 7) is 0. The van der Waals surface area contributed by atoms with Crippen molar-refractivity contribution < 1.29 is 13.9 Å². The normalized spacial score (nSPS) is 18.1. The molecule has 0 unspecified atom stereocenters. The van der Waals surface area contributed by atoms with Gasteiger partial charge in [0.1, 0.15) is 28.7 Å². The van der Waals surface area contributed by atoms with E-state index in [9.17, 15) is 9.18 Å². The molecule has 6 rings (SSSR count). The van der Waals surface area contributed by atoms with E-state index < -0.39 is 0 Å². The van der Waals surface area contributed by atoms with Crippen LogP contribution in [0.15, 0.2) is 60.9 Å². The Morgan fingerprint density at radius 2 is 1.92 bits per heavy atom. The Hall–Kier alpha value is -4.20. The summed E-state index contributed by atoms with van der Waals surface area (Å²) in [6.07, 6.45) is 6.83. The molecule has 182 valence electrons. The lowest BCUT2D eigenvalue weighted by molar-refractivity contribution is -0.146. The van der Waals surface area contributed by atoms with Crippen LogP contribution in [0.1, 0.15) is 37.4 Å². The van der Waals surface area contributed by atoms with Crippen molar-refractivity contribution in [3.63, 3.8) is 0 Å². The number of para-hydroxylation sites is 1. The number of esters is 1. The van der Waals surface area contributed by atoms with Gasteiger partial charge in [-0.15, -0.1) is 0 Å². The van der Waals surface area contributed by atoms with E-state index in [4.69, 9.17) is 15.5 Å². The third kappa shape index (κ3) is 3.69. The number of anilines is 1. The van der Waals surface area contributed by atoms with Gasteiger partial charge in [-0.05, 0) is 49.4 Å². The highest BCUT2D eigenvalue weighted by atomic mass is 19.1. The van der Waals surface area contributed by atoms with Crippen LogP contribution < -0.4 is 5.73 Å². The average molecular weight is 484 g/mol. The molecule has 3 N–H and O–H groups in total. The summed E-state index contributed by atoms with van der Waals surface area (Å²) in [7, 11) is 1.44. The van der Waals surface area contributed by atoms with Crippen molar-refractivity contribution in [3.8, 4) is 22.5 Å². The number of hydrogen-bond donors (Lipinski definition) is 2. The zero-order valence-corrected chi connectivity index (χ0v) is 19.9. The highest BCUT2D eigenvalue weighted by Crippen LogP contribution is 2.40. The lowest BCUT2D eigenvalue weighted by atomic mass is 9.81. The van der Waals surface area contributed by atoms with E-state index in [0.29, 0.717) is 5.82 Å². The number of aromatic nitrogens is 4. The van der Waals surface area contributed by atoms with Crippen molar-refractivity contribution >= 4 is 28.2 Å². The third-order valence-electron chi connectivity index (χ3n) is 7.30. The molecular formula is C28H26FN5O2. The summed E-state index contributed by atoms with van der Waals surface area (Å²) in [4.78, 5) is 25.0. The number of fused-ring (bicyclic) bond motifs is 2. The maximum atomic E-state index is 13.5. The molecule has 0 aliphatic heterocycles. The predicted molar refractivity (Wildman–Crippen MR) is 137 cm³/mol. The van der Waals surface area contributed by atoms with E-state index in [0.717, 1.165) is 70.4 Å². The van der Waals surface area contributed by atoms with Crippen LogP contribution in [-0.2, 0) is 9.53 Å². The van der Waals surface area contributed by atoms with E-state index in [1.165, 1.54) is 19.2 Å². The second kappa shape index (κ2) is 8.78. The average Bonchev–Trinajstić information content (AvgIpc) is 3.51. The molecule has 1 aliphatic carbocycles. The fourth-order valence-electron chi connectivity index (χ4n) is 5.47. The quantitative estimate of drug-likeness (QED) is 0.319. The molecule has 2 aromatic carbocycles. The van der Waals surface area contributed by atoms with Gasteiger partial charge in [-0.25, -0.2) is 14.4 Å². The SMILES string of the molecule is COC(=O)[C@H]1CC[C@H](c2nc(-c3cc4cccc(-c5ccc(F)cc5)c4[nH]3)c3c(N)nccn32)CC1. The molecule has 1 aliphatic rings. The van der Waals surface area contributed by atoms with E-state index in [1.54, 1.807) is 18.3 Å². The molecule has 1 fully saturated rings. The number of H-pyrrole nitrogens is 1. The summed E-state index contributed by atoms with van der Waals surface area (Å²) in [5.74, 6) is 1.08. The smallest absolute Gasteiger partial charge is 0.308 e. The largest absolute Gasteiger partial charge is 0.469 e. The number of halogens is 1. The number of benzene rings is 2. The molecule has 0 saturated heterocycles. The van der Waals surface area contributed by atoms with E-state index in [1.807, 2.05) is 28.8 Å². The summed E-state index contributed by atoms with van der Waals surface area (Å²) < 4.78 is 20.5. The van der Waals surface area contributed by atoms with Crippen molar-refractivity contribution in [2.45, 2.75) is 31.6 Å². The van der Waals surface area contributed by atoms with Gasteiger partial charge in [0.15, 0.2) is 0 Å². The lowest BCUT2D eigenvalue weighted by Crippen LogP contribution is -2.23. The Labute approximate surface area is 207 Å². The molecular weight excluding hydrogens is 457 g/mol. The van der Waals surface area contributed by atoms with Gasteiger partial charge in [0, 0.05) is 29.3 Å². The van der Waals surface area contributed by atoms with Gasteiger partial charge in [-0.2, -0.15) is 0 Å². The zero-order valence-electron chi connectivity index (χ0n) is 19.9. The molecule has 5 aromatic rings. The van der Waals surface area contributed by atoms with Gasteiger partial charge in [0.05, 0.1) is 24.2 Å². The Kier molecular flexibility index (Phi) is 5.44. The van der Waals surface area contributed by atoms with Gasteiger partial charge in [0.2, 0.25) is 0 Å². The summed E-state index contributed by atoms with van der Waals surface area (Å²) in [5.41, 5.74) is 11.6. The molecule has 7 nitrogen and oxygen atoms in total. The molecule has 0 atom stereocenters. The molecule has 0 amide bonds. The molecule has 3 heterocycles. The summed E-state index contributed by atoms with van der Waals surface area (Å²) >= 11 is 0. The molecule has 36 heavy (non-hydrogen) atoms. The number of nitrogen functional groups attached to an aromatic ring is 1. The molecule has 0 radical (unpaired) electrons. The highest BCUT2D eigenvalue weighted by Gasteiger charge is 2.31. The summed E-state index contributed by atoms with van der Waals surface area (Å²) in [5, 5.41) is 1.02. The Morgan fingerprint density at radius 1 is 1.14 bits per heavy atom. The lowest BCUT2D eigenvalue weighted by Gasteiger charge is -2.26. The number of nitrogens with one attached hydrogen (secondary N) is 1. The maximum absolute atomic E-state index is 13.5. The summed E-state index contributed by atoms with van der Waals surface area (Å²) in [6, 6.07) is 14.6. The molecule has 0 spiro atoms. The first kappa shape index (κ1) is 22.3. The first-order valence-corrected chi connectivity index (χ1v) is 12.1. The second-order valence-electron chi connectivity index (χ2n) is 9.38. The van der Waals surface area contributed by atoms with E-state index >= 15 is 0 Å². The number of carbonyl (C=O) groups is 1. The minimum atomic E-state index is -0.265. The number of nitrogens with two attached hydrogens (primary N) is 1. The van der Waals surface area contributed by atoms with Crippen LogP contribution in [0.5, 0.6) is 0 Å². The number of carbonyl (C=O) groups excluding carboxylic acids is 1. The number of ether oxygens (including phenoxy) is 1. The standard InChI is InChI=1S/C28H26FN5O2/c1-36-28(35)18-7-5-17(6-8-18)27-33-24(25-26(30)31-13-14-34(25)27)22-15-19-3-2-4-21(23(19)32-22)16-9-11-20(29)12-10-16/h2-4,9-15,17-18,32H,5-8H2,1H3,(H2,30,31)/t17-,18-. The van der Waals surface area contributed by atoms with Gasteiger partial charge < -0.3 is 15.5 Å². The van der Waals surface area contributed by atoms with Gasteiger partial charge >= 0.3 is 5.97 Å². The Balaban J connectivity index is 1.44. The topological polar surface area (TPSA) is 98.3 Å². The van der Waals surface area contributed by atoms with Crippen molar-refractivity contribution in [2.24, 2.45) is 5.92 Å². The Bertz CT molecular complexity index is 1580. The maximum Gasteiger partial charge on any atom is 0.308 e. The Morgan fingerprint density at radius 3 is 2.67 bits per heavy atom. The molecule has 0 bridgehead atoms. The van der Waals surface area contributed by atoms with Crippen LogP contribution in [0.4, 0.5) is 10.2 Å². The van der Waals surface area contributed by atoms with Crippen LogP contribution in [0.3, 0.4) is 0 Å². The van der Waals surface area contributed by atoms with Crippen molar-refractivity contribution in [1.82, 2.24) is 19.4 Å². The van der Waals surface area contributed by atoms with Gasteiger partial charge in [0.25, 0.3) is 0 Å². The number of imidazole rings is 1. The first-order valence-electron chi connectivity index (χ1n) is 12.1. The fourth-order valence-corrected chi connectivity index (χ4v) is 5.47. The number of methoxy groups -OCH3 is 1. The molecule has 1 saturated carbocycles. The van der Waals surface area contributed by atoms with Crippen LogP contribution in [0, 0.1) is 11.7 Å². The van der Waals surface area contributed by atoms with Crippen LogP contribution in [-0.4, -0.2) is 32.4 Å². The zero-order chi connectivity index (χ0) is 24.8. The van der Waals surface area contributed by atoms with Gasteiger partial charge in [-0.1, -0.05) is 30.3 Å². The molecule has 8 heteroatoms. The minimum absolute atomic E-state index is 0.0535. The number of hydrogen-bond acceptors (Lipinski definition) is 5. The van der Waals surface area contributed by atoms with E-state index in [2.05, 4.69) is 16.0 Å². The van der Waals surface area contributed by atoms with Crippen molar-refractivity contribution in [3.05, 3.63) is 72.6 Å². The van der Waals surface area contributed by atoms with Crippen molar-refractivity contribution in [1.29, 1.82) is 0 Å². The van der Waals surface area contributed by atoms with Crippen molar-refractivity contribution in [2.75, 3.05) is 12.8 Å². The highest BCUT2D eigenvalue weighted by molar-refractivity contribution is 5.98. The monoisotopic (exact) mass is 483 g/mol. The number of rotatable bonds is 4. The minimum Gasteiger partial charge on any atom is -0.469 e. The predicted octanol–water partition coefficient (Wildman–Crippen LogP) is 5.71. The number of aromatic amines is 1. The van der Waals surface area contributed by atoms with E-state index in [-0.39, 0.29) is 23.6 Å². The fraction of sp³-hybridized carbons (Fsp3) is 0.250. The van der Waals surface area contributed by atoms with Crippen LogP contribution >= 0.6 is 0 Å². The second-order valence-corrected chi connectivity index (χ2v) is 9.38. The van der Waals surface area contributed by atoms with Crippen LogP contribution in [0.25, 0.3) is 38.9 Å². The van der Waals surface area contributed by atoms with Crippen LogP contribution in [0.2, 0.25) is 0 Å². The third-order valence-corrected chi connectivity index (χ3v) is 7.30. The molecule has 3 aromatic heterocycles. The first-order chi connectivity index (χ1) is 17.5. The van der Waals surface area contributed by atoms with Gasteiger partial charge in [-0.3, -0.25) is 9.20 Å².